The minimum absolute atomic E-state index is 0.000184. The van der Waals surface area contributed by atoms with E-state index in [2.05, 4.69) is 4.98 Å². The highest BCUT2D eigenvalue weighted by Gasteiger charge is 2.16. The van der Waals surface area contributed by atoms with Gasteiger partial charge in [0.2, 0.25) is 0 Å². The van der Waals surface area contributed by atoms with E-state index in [0.29, 0.717) is 20.4 Å². The maximum atomic E-state index is 12.7. The number of nitrogens with one attached hydrogen (secondary N) is 1. The van der Waals surface area contributed by atoms with Gasteiger partial charge in [0.1, 0.15) is 4.70 Å². The fourth-order valence-corrected chi connectivity index (χ4v) is 3.87. The van der Waals surface area contributed by atoms with Crippen molar-refractivity contribution in [1.82, 2.24) is 9.55 Å². The van der Waals surface area contributed by atoms with Gasteiger partial charge in [0.25, 0.3) is 11.2 Å². The Morgan fingerprint density at radius 3 is 2.86 bits per heavy atom. The van der Waals surface area contributed by atoms with Crippen molar-refractivity contribution in [3.63, 3.8) is 0 Å². The molecule has 0 saturated carbocycles. The maximum absolute atomic E-state index is 12.7. The second kappa shape index (κ2) is 5.29. The summed E-state index contributed by atoms with van der Waals surface area (Å²) in [7, 11) is 0. The van der Waals surface area contributed by atoms with E-state index >= 15 is 0 Å². The van der Waals surface area contributed by atoms with Crippen molar-refractivity contribution in [2.45, 2.75) is 26.3 Å². The number of aromatic nitrogens is 2. The van der Waals surface area contributed by atoms with Gasteiger partial charge in [-0.2, -0.15) is 0 Å². The molecule has 0 radical (unpaired) electrons. The van der Waals surface area contributed by atoms with Gasteiger partial charge in [0.05, 0.1) is 10.4 Å². The van der Waals surface area contributed by atoms with Gasteiger partial charge in [-0.15, -0.1) is 11.3 Å². The van der Waals surface area contributed by atoms with Crippen molar-refractivity contribution in [1.29, 1.82) is 0 Å². The monoisotopic (exact) mass is 335 g/mol. The van der Waals surface area contributed by atoms with E-state index in [0.717, 1.165) is 11.1 Å². The summed E-state index contributed by atoms with van der Waals surface area (Å²) in [6.07, 6.45) is 0.791. The molecule has 0 saturated heterocycles. The minimum Gasteiger partial charge on any atom is -0.330 e. The van der Waals surface area contributed by atoms with Crippen LogP contribution >= 0.6 is 23.6 Å². The molecule has 3 aromatic rings. The lowest BCUT2D eigenvalue weighted by atomic mass is 10.2. The largest absolute Gasteiger partial charge is 0.330 e. The van der Waals surface area contributed by atoms with Crippen LogP contribution in [0.5, 0.6) is 0 Å². The highest BCUT2D eigenvalue weighted by molar-refractivity contribution is 7.71. The Morgan fingerprint density at radius 2 is 2.23 bits per heavy atom. The number of H-pyrrole nitrogens is 1. The van der Waals surface area contributed by atoms with E-state index in [1.165, 1.54) is 23.5 Å². The van der Waals surface area contributed by atoms with Gasteiger partial charge in [0, 0.05) is 28.3 Å². The van der Waals surface area contributed by atoms with Crippen LogP contribution in [0, 0.1) is 14.9 Å². The summed E-state index contributed by atoms with van der Waals surface area (Å²) in [6, 6.07) is 4.59. The summed E-state index contributed by atoms with van der Waals surface area (Å²) >= 11 is 6.63. The third kappa shape index (κ3) is 2.15. The minimum atomic E-state index is -0.446. The van der Waals surface area contributed by atoms with E-state index in [-0.39, 0.29) is 17.3 Å². The first-order valence-corrected chi connectivity index (χ1v) is 8.02. The smallest absolute Gasteiger partial charge is 0.272 e. The molecule has 1 aromatic carbocycles. The average molecular weight is 335 g/mol. The first-order valence-electron chi connectivity index (χ1n) is 6.79. The molecule has 1 atom stereocenters. The molecule has 0 spiro atoms. The predicted molar refractivity (Wildman–Crippen MR) is 90.4 cm³/mol. The quantitative estimate of drug-likeness (QED) is 0.443. The second-order valence-electron chi connectivity index (χ2n) is 5.11. The molecule has 0 aliphatic rings. The van der Waals surface area contributed by atoms with Crippen molar-refractivity contribution in [3.05, 3.63) is 43.4 Å². The molecular weight excluding hydrogens is 322 g/mol. The van der Waals surface area contributed by atoms with Crippen LogP contribution in [0.25, 0.3) is 20.3 Å². The van der Waals surface area contributed by atoms with Gasteiger partial charge in [-0.3, -0.25) is 19.5 Å². The lowest BCUT2D eigenvalue weighted by Gasteiger charge is -2.12. The summed E-state index contributed by atoms with van der Waals surface area (Å²) in [5.41, 5.74) is 0.438. The van der Waals surface area contributed by atoms with Crippen molar-refractivity contribution in [2.24, 2.45) is 0 Å². The van der Waals surface area contributed by atoms with Crippen LogP contribution in [-0.4, -0.2) is 14.5 Å². The molecule has 0 aliphatic heterocycles. The van der Waals surface area contributed by atoms with E-state index < -0.39 is 4.92 Å². The Balaban J connectivity index is 2.43. The number of nitrogens with zero attached hydrogens (tertiary/aromatic N) is 2. The van der Waals surface area contributed by atoms with Gasteiger partial charge in [-0.25, -0.2) is 0 Å². The van der Waals surface area contributed by atoms with E-state index in [9.17, 15) is 14.9 Å². The first-order chi connectivity index (χ1) is 10.4. The van der Waals surface area contributed by atoms with Gasteiger partial charge in [-0.1, -0.05) is 6.92 Å². The molecule has 0 fully saturated rings. The average Bonchev–Trinajstić information content (AvgIpc) is 2.85. The zero-order valence-corrected chi connectivity index (χ0v) is 13.6. The third-order valence-electron chi connectivity index (χ3n) is 3.78. The van der Waals surface area contributed by atoms with Gasteiger partial charge >= 0.3 is 0 Å². The lowest BCUT2D eigenvalue weighted by molar-refractivity contribution is -0.384. The van der Waals surface area contributed by atoms with Crippen LogP contribution in [0.4, 0.5) is 5.69 Å². The summed E-state index contributed by atoms with van der Waals surface area (Å²) in [5, 5.41) is 11.6. The number of hydrogen-bond acceptors (Lipinski definition) is 5. The van der Waals surface area contributed by atoms with Crippen molar-refractivity contribution < 1.29 is 4.92 Å². The normalized spacial score (nSPS) is 12.8. The molecule has 2 heterocycles. The Bertz CT molecular complexity index is 1020. The van der Waals surface area contributed by atoms with E-state index in [1.807, 2.05) is 13.8 Å². The molecule has 0 aliphatic carbocycles. The van der Waals surface area contributed by atoms with Crippen LogP contribution in [0.1, 0.15) is 26.3 Å². The molecule has 1 N–H and O–H groups in total. The summed E-state index contributed by atoms with van der Waals surface area (Å²) < 4.78 is 3.29. The Morgan fingerprint density at radius 1 is 1.50 bits per heavy atom. The molecule has 3 rings (SSSR count). The zero-order valence-electron chi connectivity index (χ0n) is 12.0. The number of hydrogen-bond donors (Lipinski definition) is 1. The summed E-state index contributed by atoms with van der Waals surface area (Å²) in [5.74, 6) is 0. The number of benzene rings is 1. The number of rotatable bonds is 3. The fraction of sp³-hybridized carbons (Fsp3) is 0.286. The fourth-order valence-electron chi connectivity index (χ4n) is 2.43. The predicted octanol–water partition coefficient (Wildman–Crippen LogP) is 4.15. The molecule has 8 heteroatoms. The van der Waals surface area contributed by atoms with Crippen molar-refractivity contribution in [2.75, 3.05) is 0 Å². The van der Waals surface area contributed by atoms with E-state index in [1.54, 1.807) is 10.6 Å². The molecule has 0 bridgehead atoms. The first kappa shape index (κ1) is 14.9. The SMILES string of the molecule is CC[C@H](C)n1c(=S)[nH]c2c(sc3ccc([N+](=O)[O-])cc32)c1=O. The lowest BCUT2D eigenvalue weighted by Crippen LogP contribution is -2.24. The Hall–Kier alpha value is -2.06. The second-order valence-corrected chi connectivity index (χ2v) is 6.55. The Labute approximate surface area is 134 Å². The summed E-state index contributed by atoms with van der Waals surface area (Å²) in [6.45, 7) is 3.93. The van der Waals surface area contributed by atoms with Crippen LogP contribution in [-0.2, 0) is 0 Å². The van der Waals surface area contributed by atoms with Crippen LogP contribution in [0.15, 0.2) is 23.0 Å². The molecule has 6 nitrogen and oxygen atoms in total. The number of thiophene rings is 1. The van der Waals surface area contributed by atoms with Crippen LogP contribution < -0.4 is 5.56 Å². The van der Waals surface area contributed by atoms with Crippen LogP contribution in [0.3, 0.4) is 0 Å². The van der Waals surface area contributed by atoms with Gasteiger partial charge in [-0.05, 0) is 31.6 Å². The number of nitro groups is 1. The highest BCUT2D eigenvalue weighted by atomic mass is 32.1. The summed E-state index contributed by atoms with van der Waals surface area (Å²) in [4.78, 5) is 26.2. The number of fused-ring (bicyclic) bond motifs is 3. The molecule has 0 amide bonds. The molecule has 22 heavy (non-hydrogen) atoms. The van der Waals surface area contributed by atoms with Crippen LogP contribution in [0.2, 0.25) is 0 Å². The highest BCUT2D eigenvalue weighted by Crippen LogP contribution is 2.33. The Kier molecular flexibility index (Phi) is 3.57. The molecule has 2 aromatic heterocycles. The van der Waals surface area contributed by atoms with Gasteiger partial charge < -0.3 is 4.98 Å². The number of non-ortho nitro benzene ring substituents is 1. The topological polar surface area (TPSA) is 80.9 Å². The van der Waals surface area contributed by atoms with Crippen molar-refractivity contribution >= 4 is 49.5 Å². The van der Waals surface area contributed by atoms with Gasteiger partial charge in [0.15, 0.2) is 4.77 Å². The third-order valence-corrected chi connectivity index (χ3v) is 5.24. The standard InChI is InChI=1S/C14H13N3O3S2/c1-3-7(2)16-13(18)12-11(15-14(16)21)9-6-8(17(19)20)4-5-10(9)22-12/h4-7H,3H2,1-2H3,(H,15,21)/t7-/m0/s1. The number of aromatic amines is 1. The number of nitro benzene ring substituents is 1. The van der Waals surface area contributed by atoms with Crippen molar-refractivity contribution in [3.8, 4) is 0 Å². The zero-order chi connectivity index (χ0) is 16.0. The molecule has 0 unspecified atom stereocenters. The molecular formula is C14H13N3O3S2. The molecule has 114 valence electrons. The maximum Gasteiger partial charge on any atom is 0.272 e. The van der Waals surface area contributed by atoms with E-state index in [4.69, 9.17) is 12.2 Å².